The number of carbonyl (C=O) groups is 3. The minimum Gasteiger partial charge on any atom is -0.480 e. The molecular formula is C15H17NO7. The highest BCUT2D eigenvalue weighted by Gasteiger charge is 2.45. The van der Waals surface area contributed by atoms with Crippen molar-refractivity contribution in [2.24, 2.45) is 0 Å². The molecule has 0 spiro atoms. The fraction of sp³-hybridized carbons (Fsp3) is 0.400. The molecule has 1 amide bonds. The number of hydrogen-bond acceptors (Lipinski definition) is 5. The normalized spacial score (nSPS) is 20.3. The Bertz CT molecular complexity index is 552. The molecule has 1 aromatic carbocycles. The van der Waals surface area contributed by atoms with Gasteiger partial charge in [-0.25, -0.2) is 14.4 Å². The third-order valence-corrected chi connectivity index (χ3v) is 3.54. The van der Waals surface area contributed by atoms with Crippen LogP contribution < -0.4 is 0 Å². The van der Waals surface area contributed by atoms with Crippen molar-refractivity contribution in [2.75, 3.05) is 6.79 Å². The SMILES string of the molecule is O=C(O)C1CCC(C(=O)O)N1C(=O)OCOCc1ccccc1. The van der Waals surface area contributed by atoms with Gasteiger partial charge in [-0.05, 0) is 18.4 Å². The van der Waals surface area contributed by atoms with Crippen molar-refractivity contribution in [2.45, 2.75) is 31.5 Å². The van der Waals surface area contributed by atoms with Gasteiger partial charge in [-0.1, -0.05) is 30.3 Å². The van der Waals surface area contributed by atoms with Crippen LogP contribution in [0.5, 0.6) is 0 Å². The molecule has 1 heterocycles. The molecule has 2 unspecified atom stereocenters. The average molecular weight is 323 g/mol. The van der Waals surface area contributed by atoms with E-state index in [4.69, 9.17) is 19.7 Å². The third-order valence-electron chi connectivity index (χ3n) is 3.54. The summed E-state index contributed by atoms with van der Waals surface area (Å²) in [6.45, 7) is -0.165. The molecule has 1 aromatic rings. The van der Waals surface area contributed by atoms with Crippen molar-refractivity contribution in [3.05, 3.63) is 35.9 Å². The van der Waals surface area contributed by atoms with Gasteiger partial charge >= 0.3 is 18.0 Å². The molecule has 0 aliphatic carbocycles. The number of nitrogens with zero attached hydrogens (tertiary/aromatic N) is 1. The molecule has 0 radical (unpaired) electrons. The maximum Gasteiger partial charge on any atom is 0.413 e. The lowest BCUT2D eigenvalue weighted by atomic mass is 10.2. The summed E-state index contributed by atoms with van der Waals surface area (Å²) in [6.07, 6.45) is -0.853. The van der Waals surface area contributed by atoms with E-state index in [1.165, 1.54) is 0 Å². The highest BCUT2D eigenvalue weighted by atomic mass is 16.7. The zero-order valence-electron chi connectivity index (χ0n) is 12.3. The molecule has 0 aromatic heterocycles. The molecule has 23 heavy (non-hydrogen) atoms. The van der Waals surface area contributed by atoms with Crippen molar-refractivity contribution in [3.8, 4) is 0 Å². The second kappa shape index (κ2) is 7.59. The Morgan fingerprint density at radius 1 is 1.04 bits per heavy atom. The van der Waals surface area contributed by atoms with Gasteiger partial charge in [-0.3, -0.25) is 4.90 Å². The Hall–Kier alpha value is -2.61. The van der Waals surface area contributed by atoms with Gasteiger partial charge in [0.1, 0.15) is 12.1 Å². The Balaban J connectivity index is 1.87. The Morgan fingerprint density at radius 3 is 2.13 bits per heavy atom. The van der Waals surface area contributed by atoms with Gasteiger partial charge in [0.05, 0.1) is 6.61 Å². The summed E-state index contributed by atoms with van der Waals surface area (Å²) in [7, 11) is 0. The standard InChI is InChI=1S/C15H17NO7/c17-13(18)11-6-7-12(14(19)20)16(11)15(21)23-9-22-8-10-4-2-1-3-5-10/h1-5,11-12H,6-9H2,(H,17,18)(H,19,20). The van der Waals surface area contributed by atoms with Crippen molar-refractivity contribution in [3.63, 3.8) is 0 Å². The van der Waals surface area contributed by atoms with Crippen LogP contribution in [0.2, 0.25) is 0 Å². The fourth-order valence-corrected chi connectivity index (χ4v) is 2.45. The summed E-state index contributed by atoms with van der Waals surface area (Å²) < 4.78 is 10.0. The zero-order valence-corrected chi connectivity index (χ0v) is 12.3. The number of carbonyl (C=O) groups excluding carboxylic acids is 1. The summed E-state index contributed by atoms with van der Waals surface area (Å²) in [5.41, 5.74) is 0.886. The quantitative estimate of drug-likeness (QED) is 0.599. The second-order valence-corrected chi connectivity index (χ2v) is 5.05. The van der Waals surface area contributed by atoms with Gasteiger partial charge in [0.2, 0.25) is 0 Å². The van der Waals surface area contributed by atoms with Gasteiger partial charge in [0, 0.05) is 0 Å². The summed E-state index contributed by atoms with van der Waals surface area (Å²) in [4.78, 5) is 35.0. The Labute approximate surface area is 132 Å². The maximum absolute atomic E-state index is 12.0. The number of amides is 1. The number of benzene rings is 1. The average Bonchev–Trinajstić information content (AvgIpc) is 2.98. The predicted octanol–water partition coefficient (Wildman–Crippen LogP) is 1.30. The van der Waals surface area contributed by atoms with E-state index in [0.29, 0.717) is 0 Å². The minimum atomic E-state index is -1.25. The highest BCUT2D eigenvalue weighted by molar-refractivity contribution is 5.86. The van der Waals surface area contributed by atoms with Crippen LogP contribution in [0.4, 0.5) is 4.79 Å². The third kappa shape index (κ3) is 4.19. The molecule has 2 N–H and O–H groups in total. The highest BCUT2D eigenvalue weighted by Crippen LogP contribution is 2.25. The summed E-state index contributed by atoms with van der Waals surface area (Å²) in [6, 6.07) is 6.81. The molecule has 2 atom stereocenters. The maximum atomic E-state index is 12.0. The molecule has 1 aliphatic heterocycles. The molecule has 0 bridgehead atoms. The molecule has 8 heteroatoms. The van der Waals surface area contributed by atoms with Crippen LogP contribution in [0.3, 0.4) is 0 Å². The van der Waals surface area contributed by atoms with E-state index in [1.54, 1.807) is 0 Å². The lowest BCUT2D eigenvalue weighted by Crippen LogP contribution is -2.48. The zero-order chi connectivity index (χ0) is 16.8. The molecule has 2 rings (SSSR count). The van der Waals surface area contributed by atoms with Gasteiger partial charge < -0.3 is 19.7 Å². The largest absolute Gasteiger partial charge is 0.480 e. The smallest absolute Gasteiger partial charge is 0.413 e. The van der Waals surface area contributed by atoms with Crippen LogP contribution in [0.15, 0.2) is 30.3 Å². The molecular weight excluding hydrogens is 306 g/mol. The van der Waals surface area contributed by atoms with E-state index in [0.717, 1.165) is 10.5 Å². The first kappa shape index (κ1) is 16.8. The van der Waals surface area contributed by atoms with E-state index in [-0.39, 0.29) is 26.2 Å². The van der Waals surface area contributed by atoms with E-state index < -0.39 is 30.1 Å². The summed E-state index contributed by atoms with van der Waals surface area (Å²) in [5.74, 6) is -2.51. The number of rotatable bonds is 6. The van der Waals surface area contributed by atoms with Gasteiger partial charge in [-0.2, -0.15) is 0 Å². The van der Waals surface area contributed by atoms with Gasteiger partial charge in [0.25, 0.3) is 0 Å². The molecule has 1 aliphatic rings. The van der Waals surface area contributed by atoms with E-state index in [1.807, 2.05) is 30.3 Å². The summed E-state index contributed by atoms with van der Waals surface area (Å²) in [5, 5.41) is 18.2. The molecule has 1 saturated heterocycles. The first-order chi connectivity index (χ1) is 11.0. The van der Waals surface area contributed by atoms with E-state index in [9.17, 15) is 14.4 Å². The summed E-state index contributed by atoms with van der Waals surface area (Å²) >= 11 is 0. The molecule has 0 saturated carbocycles. The van der Waals surface area contributed by atoms with Crippen LogP contribution in [-0.4, -0.2) is 52.0 Å². The Kier molecular flexibility index (Phi) is 5.53. The number of likely N-dealkylation sites (tertiary alicyclic amines) is 1. The minimum absolute atomic E-state index is 0.0757. The fourth-order valence-electron chi connectivity index (χ4n) is 2.45. The van der Waals surface area contributed by atoms with Gasteiger partial charge in [-0.15, -0.1) is 0 Å². The molecule has 1 fully saturated rings. The lowest BCUT2D eigenvalue weighted by Gasteiger charge is -2.24. The van der Waals surface area contributed by atoms with Gasteiger partial charge in [0.15, 0.2) is 6.79 Å². The van der Waals surface area contributed by atoms with Crippen molar-refractivity contribution < 1.29 is 34.1 Å². The number of carboxylic acids is 2. The second-order valence-electron chi connectivity index (χ2n) is 5.05. The van der Waals surface area contributed by atoms with Crippen molar-refractivity contribution in [1.29, 1.82) is 0 Å². The molecule has 124 valence electrons. The monoisotopic (exact) mass is 323 g/mol. The van der Waals surface area contributed by atoms with Crippen molar-refractivity contribution >= 4 is 18.0 Å². The van der Waals surface area contributed by atoms with Crippen LogP contribution in [-0.2, 0) is 25.7 Å². The Morgan fingerprint density at radius 2 is 1.61 bits per heavy atom. The number of aliphatic carboxylic acids is 2. The van der Waals surface area contributed by atoms with E-state index in [2.05, 4.69) is 0 Å². The van der Waals surface area contributed by atoms with Crippen LogP contribution in [0.25, 0.3) is 0 Å². The predicted molar refractivity (Wildman–Crippen MR) is 76.5 cm³/mol. The first-order valence-corrected chi connectivity index (χ1v) is 7.03. The molecule has 8 nitrogen and oxygen atoms in total. The first-order valence-electron chi connectivity index (χ1n) is 7.03. The van der Waals surface area contributed by atoms with Crippen LogP contribution in [0, 0.1) is 0 Å². The van der Waals surface area contributed by atoms with Crippen LogP contribution in [0.1, 0.15) is 18.4 Å². The van der Waals surface area contributed by atoms with Crippen molar-refractivity contribution in [1.82, 2.24) is 4.90 Å². The van der Waals surface area contributed by atoms with E-state index >= 15 is 0 Å². The lowest BCUT2D eigenvalue weighted by molar-refractivity contribution is -0.146. The number of hydrogen-bond donors (Lipinski definition) is 2. The number of carboxylic acid groups (broad SMARTS) is 2. The number of ether oxygens (including phenoxy) is 2. The topological polar surface area (TPSA) is 113 Å². The van der Waals surface area contributed by atoms with Crippen LogP contribution >= 0.6 is 0 Å².